The van der Waals surface area contributed by atoms with Crippen LogP contribution in [-0.2, 0) is 23.8 Å². The van der Waals surface area contributed by atoms with Crippen LogP contribution in [0.25, 0.3) is 0 Å². The SMILES string of the molecule is COC(=O)C1=C(C(=O)OC)N(c2cccc(C(=O)NC(C)(C)C)c2C)COC1. The van der Waals surface area contributed by atoms with Crippen molar-refractivity contribution in [2.45, 2.75) is 33.2 Å². The number of rotatable bonds is 4. The molecule has 1 aromatic carbocycles. The molecule has 0 fully saturated rings. The zero-order valence-corrected chi connectivity index (χ0v) is 17.0. The number of hydrogen-bond donors (Lipinski definition) is 1. The number of anilines is 1. The summed E-state index contributed by atoms with van der Waals surface area (Å²) in [5.41, 5.74) is 1.36. The summed E-state index contributed by atoms with van der Waals surface area (Å²) in [6.45, 7) is 7.40. The molecule has 0 unspecified atom stereocenters. The number of methoxy groups -OCH3 is 2. The molecule has 0 radical (unpaired) electrons. The van der Waals surface area contributed by atoms with E-state index < -0.39 is 17.5 Å². The van der Waals surface area contributed by atoms with Gasteiger partial charge in [-0.1, -0.05) is 6.07 Å². The molecule has 8 heteroatoms. The van der Waals surface area contributed by atoms with Crippen LogP contribution < -0.4 is 10.2 Å². The maximum absolute atomic E-state index is 12.7. The largest absolute Gasteiger partial charge is 0.466 e. The number of esters is 2. The summed E-state index contributed by atoms with van der Waals surface area (Å²) in [4.78, 5) is 38.8. The van der Waals surface area contributed by atoms with E-state index in [1.54, 1.807) is 25.1 Å². The Morgan fingerprint density at radius 3 is 2.32 bits per heavy atom. The van der Waals surface area contributed by atoms with Gasteiger partial charge in [0.2, 0.25) is 0 Å². The van der Waals surface area contributed by atoms with E-state index in [0.29, 0.717) is 16.8 Å². The summed E-state index contributed by atoms with van der Waals surface area (Å²) in [7, 11) is 2.46. The Morgan fingerprint density at radius 1 is 1.11 bits per heavy atom. The lowest BCUT2D eigenvalue weighted by molar-refractivity contribution is -0.140. The predicted octanol–water partition coefficient (Wildman–Crippen LogP) is 1.92. The van der Waals surface area contributed by atoms with Gasteiger partial charge in [0.1, 0.15) is 12.4 Å². The Kier molecular flexibility index (Phi) is 6.45. The lowest BCUT2D eigenvalue weighted by Crippen LogP contribution is -2.41. The van der Waals surface area contributed by atoms with Gasteiger partial charge in [-0.25, -0.2) is 9.59 Å². The van der Waals surface area contributed by atoms with Gasteiger partial charge in [-0.05, 0) is 45.4 Å². The van der Waals surface area contributed by atoms with Crippen LogP contribution in [-0.4, -0.2) is 50.9 Å². The van der Waals surface area contributed by atoms with Gasteiger partial charge in [0, 0.05) is 16.8 Å². The summed E-state index contributed by atoms with van der Waals surface area (Å²) < 4.78 is 15.1. The molecule has 1 amide bonds. The van der Waals surface area contributed by atoms with E-state index in [0.717, 1.165) is 0 Å². The molecule has 1 aliphatic rings. The van der Waals surface area contributed by atoms with Crippen LogP contribution in [0.15, 0.2) is 29.5 Å². The maximum atomic E-state index is 12.7. The topological polar surface area (TPSA) is 94.2 Å². The fourth-order valence-electron chi connectivity index (χ4n) is 2.90. The zero-order chi connectivity index (χ0) is 21.1. The molecule has 0 saturated heterocycles. The van der Waals surface area contributed by atoms with Gasteiger partial charge in [0.05, 0.1) is 26.4 Å². The first kappa shape index (κ1) is 21.4. The second kappa shape index (κ2) is 8.43. The van der Waals surface area contributed by atoms with Crippen molar-refractivity contribution in [3.05, 3.63) is 40.6 Å². The molecule has 0 bridgehead atoms. The Labute approximate surface area is 164 Å². The molecule has 152 valence electrons. The van der Waals surface area contributed by atoms with E-state index in [2.05, 4.69) is 5.32 Å². The number of hydrogen-bond acceptors (Lipinski definition) is 7. The van der Waals surface area contributed by atoms with E-state index in [4.69, 9.17) is 14.2 Å². The van der Waals surface area contributed by atoms with Crippen molar-refractivity contribution < 1.29 is 28.6 Å². The number of carbonyl (C=O) groups excluding carboxylic acids is 3. The minimum absolute atomic E-state index is 0.0239. The third kappa shape index (κ3) is 4.51. The summed E-state index contributed by atoms with van der Waals surface area (Å²) in [6, 6.07) is 5.16. The fraction of sp³-hybridized carbons (Fsp3) is 0.450. The molecule has 1 N–H and O–H groups in total. The molecule has 0 aromatic heterocycles. The number of carbonyl (C=O) groups is 3. The molecule has 0 atom stereocenters. The van der Waals surface area contributed by atoms with E-state index in [-0.39, 0.29) is 30.5 Å². The van der Waals surface area contributed by atoms with Gasteiger partial charge in [-0.3, -0.25) is 4.79 Å². The summed E-state index contributed by atoms with van der Waals surface area (Å²) >= 11 is 0. The number of benzene rings is 1. The highest BCUT2D eigenvalue weighted by molar-refractivity contribution is 6.04. The van der Waals surface area contributed by atoms with E-state index in [9.17, 15) is 14.4 Å². The van der Waals surface area contributed by atoms with Crippen molar-refractivity contribution in [1.82, 2.24) is 5.32 Å². The third-order valence-electron chi connectivity index (χ3n) is 4.16. The van der Waals surface area contributed by atoms with Crippen LogP contribution in [0.5, 0.6) is 0 Å². The van der Waals surface area contributed by atoms with Crippen molar-refractivity contribution in [1.29, 1.82) is 0 Å². The molecule has 2 rings (SSSR count). The number of amides is 1. The van der Waals surface area contributed by atoms with Crippen LogP contribution in [0.4, 0.5) is 5.69 Å². The van der Waals surface area contributed by atoms with Crippen LogP contribution in [0.2, 0.25) is 0 Å². The monoisotopic (exact) mass is 390 g/mol. The van der Waals surface area contributed by atoms with Gasteiger partial charge in [-0.2, -0.15) is 0 Å². The molecule has 1 heterocycles. The second-order valence-corrected chi connectivity index (χ2v) is 7.37. The quantitative estimate of drug-likeness (QED) is 0.785. The van der Waals surface area contributed by atoms with E-state index >= 15 is 0 Å². The molecule has 1 aromatic rings. The first-order chi connectivity index (χ1) is 13.1. The smallest absolute Gasteiger partial charge is 0.355 e. The predicted molar refractivity (Wildman–Crippen MR) is 103 cm³/mol. The molecule has 0 saturated carbocycles. The van der Waals surface area contributed by atoms with Crippen LogP contribution >= 0.6 is 0 Å². The highest BCUT2D eigenvalue weighted by Gasteiger charge is 2.33. The van der Waals surface area contributed by atoms with Crippen molar-refractivity contribution >= 4 is 23.5 Å². The second-order valence-electron chi connectivity index (χ2n) is 7.37. The lowest BCUT2D eigenvalue weighted by Gasteiger charge is -2.32. The zero-order valence-electron chi connectivity index (χ0n) is 17.0. The van der Waals surface area contributed by atoms with Gasteiger partial charge in [-0.15, -0.1) is 0 Å². The van der Waals surface area contributed by atoms with Crippen LogP contribution in [0.1, 0.15) is 36.7 Å². The van der Waals surface area contributed by atoms with Gasteiger partial charge in [0.15, 0.2) is 0 Å². The van der Waals surface area contributed by atoms with Crippen LogP contribution in [0.3, 0.4) is 0 Å². The first-order valence-corrected chi connectivity index (χ1v) is 8.78. The molecule has 28 heavy (non-hydrogen) atoms. The normalized spacial score (nSPS) is 14.6. The highest BCUT2D eigenvalue weighted by Crippen LogP contribution is 2.31. The van der Waals surface area contributed by atoms with E-state index in [1.165, 1.54) is 19.1 Å². The Morgan fingerprint density at radius 2 is 1.75 bits per heavy atom. The summed E-state index contributed by atoms with van der Waals surface area (Å²) in [6.07, 6.45) is 0. The number of nitrogens with zero attached hydrogens (tertiary/aromatic N) is 1. The summed E-state index contributed by atoms with van der Waals surface area (Å²) in [5, 5.41) is 2.92. The standard InChI is InChI=1S/C20H26N2O6/c1-12-13(17(23)21-20(2,3)4)8-7-9-15(12)22-11-28-10-14(18(24)26-5)16(22)19(25)27-6/h7-9H,10-11H2,1-6H3,(H,21,23). The average molecular weight is 390 g/mol. The van der Waals surface area contributed by atoms with Crippen molar-refractivity contribution in [3.63, 3.8) is 0 Å². The molecule has 1 aliphatic heterocycles. The molecular formula is C20H26N2O6. The lowest BCUT2D eigenvalue weighted by atomic mass is 10.0. The minimum Gasteiger partial charge on any atom is -0.466 e. The number of nitrogens with one attached hydrogen (secondary N) is 1. The Balaban J connectivity index is 2.56. The molecular weight excluding hydrogens is 364 g/mol. The first-order valence-electron chi connectivity index (χ1n) is 8.78. The van der Waals surface area contributed by atoms with Gasteiger partial charge < -0.3 is 24.4 Å². The maximum Gasteiger partial charge on any atom is 0.355 e. The Bertz CT molecular complexity index is 822. The van der Waals surface area contributed by atoms with Crippen molar-refractivity contribution in [2.24, 2.45) is 0 Å². The van der Waals surface area contributed by atoms with E-state index in [1.807, 2.05) is 20.8 Å². The average Bonchev–Trinajstić information content (AvgIpc) is 2.64. The number of ether oxygens (including phenoxy) is 3. The van der Waals surface area contributed by atoms with Crippen molar-refractivity contribution in [2.75, 3.05) is 32.5 Å². The van der Waals surface area contributed by atoms with Crippen LogP contribution in [0, 0.1) is 6.92 Å². The molecule has 0 aliphatic carbocycles. The Hall–Kier alpha value is -2.87. The summed E-state index contributed by atoms with van der Waals surface area (Å²) in [5.74, 6) is -1.60. The molecule has 8 nitrogen and oxygen atoms in total. The fourth-order valence-corrected chi connectivity index (χ4v) is 2.90. The van der Waals surface area contributed by atoms with Crippen molar-refractivity contribution in [3.8, 4) is 0 Å². The van der Waals surface area contributed by atoms with Gasteiger partial charge in [0.25, 0.3) is 5.91 Å². The minimum atomic E-state index is -0.687. The highest BCUT2D eigenvalue weighted by atomic mass is 16.5. The van der Waals surface area contributed by atoms with Gasteiger partial charge >= 0.3 is 11.9 Å². The third-order valence-corrected chi connectivity index (χ3v) is 4.16. The molecule has 0 spiro atoms.